The largest absolute Gasteiger partial charge is 0.444 e. The summed E-state index contributed by atoms with van der Waals surface area (Å²) in [5, 5.41) is 24.3. The Hall–Kier alpha value is -9.39. The van der Waals surface area contributed by atoms with Crippen LogP contribution < -0.4 is 20.4 Å². The number of halogens is 10. The Labute approximate surface area is 654 Å². The van der Waals surface area contributed by atoms with Crippen molar-refractivity contribution in [3.05, 3.63) is 183 Å². The van der Waals surface area contributed by atoms with Gasteiger partial charge in [-0.05, 0) is 175 Å². The van der Waals surface area contributed by atoms with Crippen molar-refractivity contribution in [2.24, 2.45) is 0 Å². The lowest BCUT2D eigenvalue weighted by Gasteiger charge is -2.27. The van der Waals surface area contributed by atoms with Crippen molar-refractivity contribution in [1.29, 1.82) is 0 Å². The Kier molecular flexibility index (Phi) is 24.4. The van der Waals surface area contributed by atoms with Crippen molar-refractivity contribution < 1.29 is 40.6 Å². The molecule has 16 rings (SSSR count). The smallest absolute Gasteiger partial charge is 0.410 e. The summed E-state index contributed by atoms with van der Waals surface area (Å²) in [5.74, 6) is -4.65. The molecule has 0 radical (unpaired) electrons. The van der Waals surface area contributed by atoms with Crippen LogP contribution in [-0.4, -0.2) is 173 Å². The highest BCUT2D eigenvalue weighted by Gasteiger charge is 2.32. The number of aromatic amines is 2. The molecule has 4 aliphatic rings. The Morgan fingerprint density at radius 3 is 1.61 bits per heavy atom. The van der Waals surface area contributed by atoms with E-state index in [-0.39, 0.29) is 44.1 Å². The van der Waals surface area contributed by atoms with Gasteiger partial charge in [0.1, 0.15) is 52.4 Å². The maximum Gasteiger partial charge on any atom is 0.410 e. The van der Waals surface area contributed by atoms with Gasteiger partial charge in [-0.25, -0.2) is 50.8 Å². The van der Waals surface area contributed by atoms with E-state index in [0.29, 0.717) is 87.1 Å². The minimum absolute atomic E-state index is 0.102. The standard InChI is InChI=1S/C25H25ClF2N6.C22H16BrClF2N4O.C22H19ClF2N6.C10H20N2O2/c1-14(2)34-7-6-15(13-34)33(3)16-8-24-23(29-11-16)5-4-22(31-24)18-12-30-32-25(18)17-9-19(26)21(28)10-20(17)27;23-12-7-20-19(27-10-12)5-4-18(28-20)14-11-30(21-3-1-2-6-31-21)29-22(14)13-8-15(24)17(26)9-16(13)25;1-31(12-4-5-26-9-12)13-6-21-20(27-10-13)3-2-19(29-21)15-11-28-30-22(15)14-7-16(23)18(25)8-17(14)24;1-10(2,3)14-9(13)12-6-5-8(7-12)11-4/h4-5,8-12,14-15H,6-7,13H2,1-3H3,(H,30,32);4-5,7-11,21H,1-3,6H2;2-3,6-8,10-12,26H,4-5,9H2,1H3,(H,28,30);8,11H,5-7H2,1-4H3/t15-;;12-;8-/m1.11/s1. The zero-order valence-corrected chi connectivity index (χ0v) is 65.3. The van der Waals surface area contributed by atoms with Gasteiger partial charge < -0.3 is 34.8 Å². The number of aromatic nitrogens is 12. The zero-order chi connectivity index (χ0) is 77.8. The Morgan fingerprint density at radius 1 is 0.600 bits per heavy atom. The van der Waals surface area contributed by atoms with Crippen molar-refractivity contribution in [3.8, 4) is 67.5 Å². The fourth-order valence-electron chi connectivity index (χ4n) is 13.6. The fraction of sp³-hybridized carbons (Fsp3) is 0.342. The van der Waals surface area contributed by atoms with Gasteiger partial charge in [-0.3, -0.25) is 30.0 Å². The molecule has 3 aromatic carbocycles. The number of anilines is 2. The van der Waals surface area contributed by atoms with Crippen molar-refractivity contribution in [2.45, 2.75) is 109 Å². The van der Waals surface area contributed by atoms with Crippen molar-refractivity contribution in [2.75, 3.05) is 76.8 Å². The molecule has 21 nitrogen and oxygen atoms in total. The molecule has 0 spiro atoms. The summed E-state index contributed by atoms with van der Waals surface area (Å²) >= 11 is 21.1. The van der Waals surface area contributed by atoms with E-state index in [0.717, 1.165) is 139 Å². The number of hydrogen-bond donors (Lipinski definition) is 4. The summed E-state index contributed by atoms with van der Waals surface area (Å²) in [4.78, 5) is 48.1. The average Bonchev–Trinajstić information content (AvgIpc) is 1.63. The van der Waals surface area contributed by atoms with Gasteiger partial charge in [-0.1, -0.05) is 34.8 Å². The van der Waals surface area contributed by atoms with Gasteiger partial charge in [0, 0.05) is 146 Å². The lowest BCUT2D eigenvalue weighted by molar-refractivity contribution is -0.0393. The summed E-state index contributed by atoms with van der Waals surface area (Å²) in [6, 6.07) is 24.7. The van der Waals surface area contributed by atoms with Crippen LogP contribution in [0, 0.1) is 34.9 Å². The predicted molar refractivity (Wildman–Crippen MR) is 421 cm³/mol. The number of pyridine rings is 6. The average molecular weight is 1630 g/mol. The molecule has 0 aliphatic carbocycles. The normalized spacial score (nSPS) is 17.3. The van der Waals surface area contributed by atoms with Gasteiger partial charge in [0.05, 0.1) is 113 Å². The molecule has 4 aliphatic heterocycles. The summed E-state index contributed by atoms with van der Waals surface area (Å²) in [6.45, 7) is 16.3. The third-order valence-corrected chi connectivity index (χ3v) is 21.1. The Balaban J connectivity index is 0.000000133. The number of amides is 1. The number of likely N-dealkylation sites (tertiary alicyclic amines) is 2. The van der Waals surface area contributed by atoms with Crippen LogP contribution >= 0.6 is 50.7 Å². The number of hydrogen-bond acceptors (Lipinski definition) is 17. The van der Waals surface area contributed by atoms with E-state index in [4.69, 9.17) is 59.2 Å². The minimum atomic E-state index is -0.820. The lowest BCUT2D eigenvalue weighted by Crippen LogP contribution is -2.37. The summed E-state index contributed by atoms with van der Waals surface area (Å²) in [6.07, 6.45) is 15.9. The van der Waals surface area contributed by atoms with Crippen LogP contribution in [0.5, 0.6) is 0 Å². The van der Waals surface area contributed by atoms with Crippen LogP contribution in [-0.2, 0) is 9.47 Å². The van der Waals surface area contributed by atoms with E-state index in [1.165, 1.54) is 18.2 Å². The van der Waals surface area contributed by atoms with E-state index in [1.807, 2.05) is 82.7 Å². The van der Waals surface area contributed by atoms with Crippen LogP contribution in [0.25, 0.3) is 101 Å². The Morgan fingerprint density at radius 2 is 1.12 bits per heavy atom. The summed E-state index contributed by atoms with van der Waals surface area (Å²) in [7, 11) is 6.07. The highest BCUT2D eigenvalue weighted by molar-refractivity contribution is 9.10. The van der Waals surface area contributed by atoms with Gasteiger partial charge in [-0.15, -0.1) is 0 Å². The second-order valence-corrected chi connectivity index (χ2v) is 30.7. The number of nitrogens with one attached hydrogen (secondary N) is 4. The summed E-state index contributed by atoms with van der Waals surface area (Å²) in [5.41, 5.74) is 11.0. The van der Waals surface area contributed by atoms with Gasteiger partial charge in [0.15, 0.2) is 0 Å². The number of H-pyrrole nitrogens is 2. The first kappa shape index (κ1) is 78.7. The van der Waals surface area contributed by atoms with Gasteiger partial charge in [0.25, 0.3) is 0 Å². The van der Waals surface area contributed by atoms with Crippen LogP contribution in [0.4, 0.5) is 42.5 Å². The van der Waals surface area contributed by atoms with Gasteiger partial charge in [0.2, 0.25) is 0 Å². The molecule has 0 saturated carbocycles. The number of carbonyl (C=O) groups excluding carboxylic acids is 1. The summed E-state index contributed by atoms with van der Waals surface area (Å²) < 4.78 is 98.3. The number of nitrogens with zero attached hydrogens (tertiary/aromatic N) is 14. The SMILES string of the molecule is CC(C)N1CC[C@@H](N(C)c2cnc3ccc(-c4cn[nH]c4-c4cc(Cl)c(F)cc4F)nc3c2)C1.CN(c1cnc2ccc(-c3cn[nH]c3-c3cc(Cl)c(F)cc3F)nc2c1)[C@@H]1CCNC1.CN[C@@H]1CCN(C(=O)OC(C)(C)C)C1.Fc1cc(F)c(-c2nn(C3CCCCO3)cc2-c2ccc3ncc(Br)cc3n2)cc1Cl. The van der Waals surface area contributed by atoms with E-state index < -0.39 is 40.5 Å². The number of carbonyl (C=O) groups is 1. The monoisotopic (exact) mass is 1630 g/mol. The van der Waals surface area contributed by atoms with Crippen LogP contribution in [0.3, 0.4) is 0 Å². The second kappa shape index (κ2) is 34.1. The zero-order valence-electron chi connectivity index (χ0n) is 61.5. The maximum atomic E-state index is 14.8. The molecule has 1 unspecified atom stereocenters. The first-order valence-corrected chi connectivity index (χ1v) is 37.9. The molecular formula is C79H80BrCl3F6N18O3. The van der Waals surface area contributed by atoms with Crippen molar-refractivity contribution >= 4 is 101 Å². The molecule has 4 saturated heterocycles. The lowest BCUT2D eigenvalue weighted by atomic mass is 10.0. The van der Waals surface area contributed by atoms with Crippen LogP contribution in [0.2, 0.25) is 15.1 Å². The third kappa shape index (κ3) is 18.0. The van der Waals surface area contributed by atoms with E-state index in [9.17, 15) is 31.1 Å². The molecule has 0 bridgehead atoms. The topological polar surface area (TPSA) is 225 Å². The first-order valence-electron chi connectivity index (χ1n) is 36.0. The Bertz CT molecular complexity index is 5330. The molecule has 1 amide bonds. The predicted octanol–water partition coefficient (Wildman–Crippen LogP) is 17.7. The number of rotatable bonds is 13. The molecule has 31 heteroatoms. The molecule has 110 heavy (non-hydrogen) atoms. The first-order chi connectivity index (χ1) is 52.7. The minimum Gasteiger partial charge on any atom is -0.444 e. The van der Waals surface area contributed by atoms with Gasteiger partial charge in [-0.2, -0.15) is 15.3 Å². The van der Waals surface area contributed by atoms with E-state index >= 15 is 0 Å². The van der Waals surface area contributed by atoms with Crippen molar-refractivity contribution in [3.63, 3.8) is 0 Å². The van der Waals surface area contributed by atoms with E-state index in [1.54, 1.807) is 46.5 Å². The third-order valence-electron chi connectivity index (χ3n) is 19.8. The molecule has 4 fully saturated rings. The molecular weight excluding hydrogens is 1550 g/mol. The molecule has 4 N–H and O–H groups in total. The van der Waals surface area contributed by atoms with Crippen LogP contribution in [0.1, 0.15) is 79.4 Å². The number of ether oxygens (including phenoxy) is 2. The molecule has 12 aromatic rings. The number of benzene rings is 3. The highest BCUT2D eigenvalue weighted by Crippen LogP contribution is 2.40. The number of likely N-dealkylation sites (N-methyl/N-ethyl adjacent to an activating group) is 3. The molecule has 574 valence electrons. The highest BCUT2D eigenvalue weighted by atomic mass is 79.9. The second-order valence-electron chi connectivity index (χ2n) is 28.6. The molecule has 13 heterocycles. The molecule has 4 atom stereocenters. The maximum absolute atomic E-state index is 14.8. The molecule has 9 aromatic heterocycles. The van der Waals surface area contributed by atoms with Crippen molar-refractivity contribution in [1.82, 2.24) is 80.5 Å². The number of fused-ring (bicyclic) bond motifs is 3. The van der Waals surface area contributed by atoms with E-state index in [2.05, 4.69) is 110 Å². The quantitative estimate of drug-likeness (QED) is 0.0622. The van der Waals surface area contributed by atoms with Gasteiger partial charge >= 0.3 is 6.09 Å². The van der Waals surface area contributed by atoms with Crippen LogP contribution in [0.15, 0.2) is 133 Å². The fourth-order valence-corrected chi connectivity index (χ4v) is 14.4.